The summed E-state index contributed by atoms with van der Waals surface area (Å²) in [6, 6.07) is 11.4. The van der Waals surface area contributed by atoms with E-state index in [1.165, 1.54) is 11.1 Å². The predicted molar refractivity (Wildman–Crippen MR) is 100 cm³/mol. The van der Waals surface area contributed by atoms with E-state index in [4.69, 9.17) is 4.42 Å². The number of furan rings is 1. The molecule has 0 bridgehead atoms. The lowest BCUT2D eigenvalue weighted by molar-refractivity contribution is 0.0943. The van der Waals surface area contributed by atoms with Gasteiger partial charge in [-0.15, -0.1) is 0 Å². The number of carbonyl (C=O) groups excluding carboxylic acids is 1. The van der Waals surface area contributed by atoms with Gasteiger partial charge in [-0.25, -0.2) is 9.97 Å². The Hall–Kier alpha value is -3.15. The molecule has 0 radical (unpaired) electrons. The minimum atomic E-state index is -0.272. The fraction of sp³-hybridized carbons (Fsp3) is 0.250. The second kappa shape index (κ2) is 8.29. The number of aromatic nitrogens is 2. The van der Waals surface area contributed by atoms with Crippen LogP contribution in [0.1, 0.15) is 41.2 Å². The van der Waals surface area contributed by atoms with Crippen molar-refractivity contribution in [3.63, 3.8) is 0 Å². The maximum Gasteiger partial charge on any atom is 0.270 e. The van der Waals surface area contributed by atoms with Crippen LogP contribution in [0.5, 0.6) is 0 Å². The summed E-state index contributed by atoms with van der Waals surface area (Å²) in [6.45, 7) is 4.54. The molecule has 1 aromatic carbocycles. The normalized spacial score (nSPS) is 10.5. The molecule has 0 fully saturated rings. The van der Waals surface area contributed by atoms with E-state index in [1.54, 1.807) is 30.7 Å². The van der Waals surface area contributed by atoms with Crippen LogP contribution in [0, 0.1) is 0 Å². The minimum Gasteiger partial charge on any atom is -0.467 e. The summed E-state index contributed by atoms with van der Waals surface area (Å²) in [6.07, 6.45) is 4.96. The SMILES string of the molecule is CCc1cccc(CC)c1Nc1nccc(C(=O)NCc2ccco2)n1. The van der Waals surface area contributed by atoms with Crippen LogP contribution in [-0.2, 0) is 19.4 Å². The monoisotopic (exact) mass is 350 g/mol. The summed E-state index contributed by atoms with van der Waals surface area (Å²) in [5.41, 5.74) is 3.72. The van der Waals surface area contributed by atoms with E-state index >= 15 is 0 Å². The number of amides is 1. The van der Waals surface area contributed by atoms with Crippen molar-refractivity contribution in [1.82, 2.24) is 15.3 Å². The third-order valence-electron chi connectivity index (χ3n) is 4.13. The first kappa shape index (κ1) is 17.7. The van der Waals surface area contributed by atoms with Gasteiger partial charge in [0.2, 0.25) is 5.95 Å². The highest BCUT2D eigenvalue weighted by atomic mass is 16.3. The van der Waals surface area contributed by atoms with Crippen molar-refractivity contribution >= 4 is 17.5 Å². The van der Waals surface area contributed by atoms with Crippen LogP contribution in [0.25, 0.3) is 0 Å². The first-order valence-corrected chi connectivity index (χ1v) is 8.72. The van der Waals surface area contributed by atoms with E-state index in [0.29, 0.717) is 23.9 Å². The molecule has 3 aromatic rings. The van der Waals surface area contributed by atoms with Crippen LogP contribution >= 0.6 is 0 Å². The zero-order valence-corrected chi connectivity index (χ0v) is 15.0. The average Bonchev–Trinajstić information content (AvgIpc) is 3.20. The molecule has 3 rings (SSSR count). The number of nitrogens with zero attached hydrogens (tertiary/aromatic N) is 2. The topological polar surface area (TPSA) is 80.0 Å². The van der Waals surface area contributed by atoms with Gasteiger partial charge >= 0.3 is 0 Å². The minimum absolute atomic E-state index is 0.272. The number of hydrogen-bond acceptors (Lipinski definition) is 5. The van der Waals surface area contributed by atoms with E-state index in [0.717, 1.165) is 18.5 Å². The van der Waals surface area contributed by atoms with Crippen LogP contribution in [0.4, 0.5) is 11.6 Å². The smallest absolute Gasteiger partial charge is 0.270 e. The molecule has 6 heteroatoms. The molecule has 0 aliphatic rings. The molecule has 6 nitrogen and oxygen atoms in total. The van der Waals surface area contributed by atoms with Crippen LogP contribution in [0.3, 0.4) is 0 Å². The molecule has 2 heterocycles. The van der Waals surface area contributed by atoms with Gasteiger partial charge < -0.3 is 15.1 Å². The highest BCUT2D eigenvalue weighted by Crippen LogP contribution is 2.25. The highest BCUT2D eigenvalue weighted by molar-refractivity contribution is 5.92. The van der Waals surface area contributed by atoms with E-state index < -0.39 is 0 Å². The molecule has 2 N–H and O–H groups in total. The Morgan fingerprint density at radius 1 is 1.08 bits per heavy atom. The Kier molecular flexibility index (Phi) is 5.63. The maximum atomic E-state index is 12.3. The number of rotatable bonds is 7. The van der Waals surface area contributed by atoms with Crippen molar-refractivity contribution in [2.75, 3.05) is 5.32 Å². The van der Waals surface area contributed by atoms with Crippen molar-refractivity contribution < 1.29 is 9.21 Å². The van der Waals surface area contributed by atoms with Crippen LogP contribution in [-0.4, -0.2) is 15.9 Å². The Morgan fingerprint density at radius 2 is 1.85 bits per heavy atom. The molecule has 0 saturated heterocycles. The number of nitrogens with one attached hydrogen (secondary N) is 2. The molecular formula is C20H22N4O2. The largest absolute Gasteiger partial charge is 0.467 e. The zero-order chi connectivity index (χ0) is 18.4. The van der Waals surface area contributed by atoms with Gasteiger partial charge in [-0.05, 0) is 42.2 Å². The molecule has 134 valence electrons. The summed E-state index contributed by atoms with van der Waals surface area (Å²) in [5, 5.41) is 6.07. The lowest BCUT2D eigenvalue weighted by atomic mass is 10.0. The lowest BCUT2D eigenvalue weighted by Gasteiger charge is -2.14. The third kappa shape index (κ3) is 4.08. The van der Waals surface area contributed by atoms with Crippen molar-refractivity contribution in [2.24, 2.45) is 0 Å². The number of hydrogen-bond donors (Lipinski definition) is 2. The molecule has 0 aliphatic carbocycles. The fourth-order valence-electron chi connectivity index (χ4n) is 2.73. The number of benzene rings is 1. The quantitative estimate of drug-likeness (QED) is 0.676. The van der Waals surface area contributed by atoms with Gasteiger partial charge in [-0.2, -0.15) is 0 Å². The Bertz CT molecular complexity index is 853. The molecule has 0 spiro atoms. The zero-order valence-electron chi connectivity index (χ0n) is 15.0. The van der Waals surface area contributed by atoms with Gasteiger partial charge in [-0.1, -0.05) is 32.0 Å². The van der Waals surface area contributed by atoms with Crippen LogP contribution in [0.15, 0.2) is 53.3 Å². The molecule has 0 atom stereocenters. The Morgan fingerprint density at radius 3 is 2.50 bits per heavy atom. The standard InChI is InChI=1S/C20H22N4O2/c1-3-14-7-5-8-15(4-2)18(14)24-20-21-11-10-17(23-20)19(25)22-13-16-9-6-12-26-16/h5-12H,3-4,13H2,1-2H3,(H,22,25)(H,21,23,24). The molecule has 2 aromatic heterocycles. The van der Waals surface area contributed by atoms with E-state index in [-0.39, 0.29) is 5.91 Å². The fourth-order valence-corrected chi connectivity index (χ4v) is 2.73. The van der Waals surface area contributed by atoms with Crippen molar-refractivity contribution in [1.29, 1.82) is 0 Å². The summed E-state index contributed by atoms with van der Waals surface area (Å²) in [4.78, 5) is 20.9. The molecule has 0 saturated carbocycles. The second-order valence-corrected chi connectivity index (χ2v) is 5.81. The lowest BCUT2D eigenvalue weighted by Crippen LogP contribution is -2.24. The number of aryl methyl sites for hydroxylation is 2. The number of para-hydroxylation sites is 1. The van der Waals surface area contributed by atoms with Gasteiger partial charge in [0.05, 0.1) is 12.8 Å². The molecule has 0 unspecified atom stereocenters. The van der Waals surface area contributed by atoms with Crippen LogP contribution in [0.2, 0.25) is 0 Å². The highest BCUT2D eigenvalue weighted by Gasteiger charge is 2.12. The summed E-state index contributed by atoms with van der Waals surface area (Å²) < 4.78 is 5.21. The maximum absolute atomic E-state index is 12.3. The van der Waals surface area contributed by atoms with Gasteiger partial charge in [0.1, 0.15) is 11.5 Å². The second-order valence-electron chi connectivity index (χ2n) is 5.81. The summed E-state index contributed by atoms with van der Waals surface area (Å²) in [5.74, 6) is 0.827. The predicted octanol–water partition coefficient (Wildman–Crippen LogP) is 3.87. The van der Waals surface area contributed by atoms with Gasteiger partial charge in [0, 0.05) is 11.9 Å². The van der Waals surface area contributed by atoms with Gasteiger partial charge in [0.15, 0.2) is 0 Å². The first-order valence-electron chi connectivity index (χ1n) is 8.72. The van der Waals surface area contributed by atoms with Crippen molar-refractivity contribution in [3.8, 4) is 0 Å². The summed E-state index contributed by atoms with van der Waals surface area (Å²) in [7, 11) is 0. The van der Waals surface area contributed by atoms with Crippen molar-refractivity contribution in [2.45, 2.75) is 33.2 Å². The molecule has 26 heavy (non-hydrogen) atoms. The molecular weight excluding hydrogens is 328 g/mol. The van der Waals surface area contributed by atoms with E-state index in [2.05, 4.69) is 52.6 Å². The van der Waals surface area contributed by atoms with Gasteiger partial charge in [-0.3, -0.25) is 4.79 Å². The number of carbonyl (C=O) groups is 1. The van der Waals surface area contributed by atoms with Crippen LogP contribution < -0.4 is 10.6 Å². The Balaban J connectivity index is 1.76. The van der Waals surface area contributed by atoms with Gasteiger partial charge in [0.25, 0.3) is 5.91 Å². The molecule has 1 amide bonds. The molecule has 0 aliphatic heterocycles. The van der Waals surface area contributed by atoms with E-state index in [9.17, 15) is 4.79 Å². The average molecular weight is 350 g/mol. The first-order chi connectivity index (χ1) is 12.7. The van der Waals surface area contributed by atoms with Crippen molar-refractivity contribution in [3.05, 3.63) is 71.4 Å². The Labute approximate surface area is 152 Å². The number of anilines is 2. The van der Waals surface area contributed by atoms with E-state index in [1.807, 2.05) is 0 Å². The summed E-state index contributed by atoms with van der Waals surface area (Å²) >= 11 is 0. The third-order valence-corrected chi connectivity index (χ3v) is 4.13.